The van der Waals surface area contributed by atoms with Crippen molar-refractivity contribution in [3.8, 4) is 11.3 Å². The number of halogens is 1. The molecule has 1 aromatic carbocycles. The lowest BCUT2D eigenvalue weighted by molar-refractivity contribution is -0.122. The summed E-state index contributed by atoms with van der Waals surface area (Å²) in [7, 11) is 0. The third kappa shape index (κ3) is 4.04. The number of hydrogen-bond acceptors (Lipinski definition) is 6. The second kappa shape index (κ2) is 8.70. The van der Waals surface area contributed by atoms with E-state index in [4.69, 9.17) is 16.3 Å². The summed E-state index contributed by atoms with van der Waals surface area (Å²) >= 11 is 6.39. The van der Waals surface area contributed by atoms with E-state index in [1.165, 1.54) is 0 Å². The maximum Gasteiger partial charge on any atom is 0.255 e. The number of aromatic nitrogens is 2. The van der Waals surface area contributed by atoms with Gasteiger partial charge in [-0.1, -0.05) is 30.7 Å². The van der Waals surface area contributed by atoms with Gasteiger partial charge in [0.2, 0.25) is 5.95 Å². The summed E-state index contributed by atoms with van der Waals surface area (Å²) in [4.78, 5) is 35.6. The molecule has 2 aliphatic heterocycles. The first-order valence-corrected chi connectivity index (χ1v) is 10.7. The van der Waals surface area contributed by atoms with Gasteiger partial charge in [-0.25, -0.2) is 9.97 Å². The van der Waals surface area contributed by atoms with Crippen LogP contribution in [0.1, 0.15) is 49.0 Å². The molecule has 1 saturated heterocycles. The predicted octanol–water partition coefficient (Wildman–Crippen LogP) is 3.71. The van der Waals surface area contributed by atoms with Crippen LogP contribution in [0.3, 0.4) is 0 Å². The first-order valence-electron chi connectivity index (χ1n) is 10.3. The Morgan fingerprint density at radius 2 is 2.13 bits per heavy atom. The van der Waals surface area contributed by atoms with Crippen LogP contribution in [0.5, 0.6) is 0 Å². The zero-order valence-corrected chi connectivity index (χ0v) is 17.9. The molecule has 4 rings (SSSR count). The number of benzene rings is 1. The number of nitrogens with one attached hydrogen (secondary N) is 1. The molecule has 30 heavy (non-hydrogen) atoms. The average molecular weight is 429 g/mol. The topological polar surface area (TPSA) is 84.4 Å². The van der Waals surface area contributed by atoms with E-state index in [0.717, 1.165) is 37.2 Å². The molecule has 158 valence electrons. The van der Waals surface area contributed by atoms with Crippen molar-refractivity contribution >= 4 is 29.2 Å². The van der Waals surface area contributed by atoms with Crippen LogP contribution >= 0.6 is 11.6 Å². The van der Waals surface area contributed by atoms with E-state index in [2.05, 4.69) is 15.3 Å². The molecular formula is C22H25ClN4O3. The second-order valence-corrected chi connectivity index (χ2v) is 8.13. The minimum absolute atomic E-state index is 0.0547. The number of ether oxygens (including phenoxy) is 1. The molecule has 1 atom stereocenters. The molecule has 1 amide bonds. The molecule has 0 radical (unpaired) electrons. The van der Waals surface area contributed by atoms with Crippen LogP contribution in [0.25, 0.3) is 11.3 Å². The van der Waals surface area contributed by atoms with E-state index < -0.39 is 6.04 Å². The van der Waals surface area contributed by atoms with Crippen LogP contribution in [0.15, 0.2) is 24.4 Å². The number of amides is 1. The zero-order chi connectivity index (χ0) is 21.3. The highest BCUT2D eigenvalue weighted by molar-refractivity contribution is 6.33. The van der Waals surface area contributed by atoms with Gasteiger partial charge in [0, 0.05) is 43.3 Å². The van der Waals surface area contributed by atoms with E-state index in [1.807, 2.05) is 25.1 Å². The molecule has 7 nitrogen and oxygen atoms in total. The summed E-state index contributed by atoms with van der Waals surface area (Å²) in [6.07, 6.45) is 3.79. The predicted molar refractivity (Wildman–Crippen MR) is 115 cm³/mol. The summed E-state index contributed by atoms with van der Waals surface area (Å²) in [5.74, 6) is 0.433. The van der Waals surface area contributed by atoms with Crippen LogP contribution in [0.4, 0.5) is 5.95 Å². The molecule has 0 bridgehead atoms. The summed E-state index contributed by atoms with van der Waals surface area (Å²) in [6, 6.07) is 5.47. The lowest BCUT2D eigenvalue weighted by Gasteiger charge is -2.23. The van der Waals surface area contributed by atoms with E-state index in [9.17, 15) is 9.59 Å². The van der Waals surface area contributed by atoms with Gasteiger partial charge in [-0.2, -0.15) is 0 Å². The summed E-state index contributed by atoms with van der Waals surface area (Å²) < 4.78 is 5.39. The quantitative estimate of drug-likeness (QED) is 0.754. The minimum Gasteiger partial charge on any atom is -0.381 e. The number of ketones is 1. The van der Waals surface area contributed by atoms with Gasteiger partial charge in [-0.15, -0.1) is 0 Å². The maximum atomic E-state index is 12.9. The minimum atomic E-state index is -0.434. The fourth-order valence-electron chi connectivity index (χ4n) is 3.92. The lowest BCUT2D eigenvalue weighted by atomic mass is 10.0. The monoisotopic (exact) mass is 428 g/mol. The Labute approximate surface area is 180 Å². The molecule has 0 aliphatic carbocycles. The zero-order valence-electron chi connectivity index (χ0n) is 17.2. The molecule has 0 spiro atoms. The van der Waals surface area contributed by atoms with Crippen molar-refractivity contribution in [2.24, 2.45) is 0 Å². The van der Waals surface area contributed by atoms with Gasteiger partial charge < -0.3 is 15.0 Å². The Kier molecular flexibility index (Phi) is 6.01. The van der Waals surface area contributed by atoms with Crippen LogP contribution in [-0.2, 0) is 16.1 Å². The highest BCUT2D eigenvalue weighted by atomic mass is 35.5. The first kappa shape index (κ1) is 20.8. The van der Waals surface area contributed by atoms with Gasteiger partial charge >= 0.3 is 0 Å². The number of anilines is 1. The second-order valence-electron chi connectivity index (χ2n) is 7.72. The van der Waals surface area contributed by atoms with E-state index >= 15 is 0 Å². The van der Waals surface area contributed by atoms with Crippen molar-refractivity contribution in [3.05, 3.63) is 40.5 Å². The number of carbonyl (C=O) groups excluding carboxylic acids is 2. The number of hydrogen-bond donors (Lipinski definition) is 1. The van der Waals surface area contributed by atoms with Crippen LogP contribution in [-0.4, -0.2) is 51.9 Å². The highest BCUT2D eigenvalue weighted by Crippen LogP contribution is 2.32. The van der Waals surface area contributed by atoms with E-state index in [0.29, 0.717) is 35.2 Å². The number of Topliss-reactive ketones (excluding diaryl/α,β-unsaturated/α-hetero) is 1. The highest BCUT2D eigenvalue weighted by Gasteiger charge is 2.33. The van der Waals surface area contributed by atoms with E-state index in [-0.39, 0.29) is 17.7 Å². The van der Waals surface area contributed by atoms with Gasteiger partial charge in [0.1, 0.15) is 0 Å². The fraction of sp³-hybridized carbons (Fsp3) is 0.455. The van der Waals surface area contributed by atoms with Crippen LogP contribution in [0.2, 0.25) is 5.02 Å². The molecule has 0 saturated carbocycles. The Morgan fingerprint density at radius 1 is 1.37 bits per heavy atom. The maximum absolute atomic E-state index is 12.9. The van der Waals surface area contributed by atoms with Crippen molar-refractivity contribution in [3.63, 3.8) is 0 Å². The molecule has 1 fully saturated rings. The number of nitrogens with zero attached hydrogens (tertiary/aromatic N) is 3. The molecule has 2 aliphatic rings. The van der Waals surface area contributed by atoms with Gasteiger partial charge in [0.05, 0.1) is 23.0 Å². The van der Waals surface area contributed by atoms with Gasteiger partial charge in [0.25, 0.3) is 5.91 Å². The van der Waals surface area contributed by atoms with Crippen molar-refractivity contribution < 1.29 is 14.3 Å². The molecule has 2 aromatic rings. The normalized spacial score (nSPS) is 17.7. The average Bonchev–Trinajstić information content (AvgIpc) is 3.10. The third-order valence-corrected chi connectivity index (χ3v) is 6.07. The standard InChI is InChI=1S/C22H25ClN4O3/c1-3-19(28)13(2)27-12-15-5-4-14(10-17(15)21(27)29)20-18(23)11-24-22(26-20)25-16-6-8-30-9-7-16/h4-5,10-11,13,16H,3,6-9,12H2,1-2H3,(H,24,25,26)/t13-/m1/s1. The van der Waals surface area contributed by atoms with Gasteiger partial charge in [-0.3, -0.25) is 9.59 Å². The van der Waals surface area contributed by atoms with Crippen LogP contribution < -0.4 is 5.32 Å². The summed E-state index contributed by atoms with van der Waals surface area (Å²) in [5.41, 5.74) is 2.83. The Hall–Kier alpha value is -2.51. The lowest BCUT2D eigenvalue weighted by Crippen LogP contribution is -2.38. The van der Waals surface area contributed by atoms with E-state index in [1.54, 1.807) is 18.0 Å². The Morgan fingerprint density at radius 3 is 2.87 bits per heavy atom. The molecule has 1 N–H and O–H groups in total. The third-order valence-electron chi connectivity index (χ3n) is 5.80. The Bertz CT molecular complexity index is 975. The SMILES string of the molecule is CCC(=O)[C@@H](C)N1Cc2ccc(-c3nc(NC4CCOCC4)ncc3Cl)cc2C1=O. The molecule has 0 unspecified atom stereocenters. The number of rotatable bonds is 6. The van der Waals surface area contributed by atoms with Gasteiger partial charge in [0.15, 0.2) is 5.78 Å². The van der Waals surface area contributed by atoms with Gasteiger partial charge in [-0.05, 0) is 31.4 Å². The van der Waals surface area contributed by atoms with Crippen LogP contribution in [0, 0.1) is 0 Å². The first-order chi connectivity index (χ1) is 14.5. The fourth-order valence-corrected chi connectivity index (χ4v) is 4.12. The van der Waals surface area contributed by atoms with Crippen molar-refractivity contribution in [2.45, 2.75) is 51.7 Å². The molecule has 3 heterocycles. The number of fused-ring (bicyclic) bond motifs is 1. The van der Waals surface area contributed by atoms with Crippen molar-refractivity contribution in [2.75, 3.05) is 18.5 Å². The number of carbonyl (C=O) groups is 2. The molecular weight excluding hydrogens is 404 g/mol. The summed E-state index contributed by atoms with van der Waals surface area (Å²) in [6.45, 7) is 5.48. The smallest absolute Gasteiger partial charge is 0.255 e. The van der Waals surface area contributed by atoms with Crippen molar-refractivity contribution in [1.82, 2.24) is 14.9 Å². The molecule has 1 aromatic heterocycles. The Balaban J connectivity index is 1.59. The largest absolute Gasteiger partial charge is 0.381 e. The van der Waals surface area contributed by atoms with Crippen molar-refractivity contribution in [1.29, 1.82) is 0 Å². The summed E-state index contributed by atoms with van der Waals surface area (Å²) in [5, 5.41) is 3.77. The molecule has 8 heteroatoms.